The fraction of sp³-hybridized carbons (Fsp3) is 0.222. The van der Waals surface area contributed by atoms with Gasteiger partial charge in [-0.1, -0.05) is 43.0 Å². The highest BCUT2D eigenvalue weighted by Gasteiger charge is 2.57. The predicted molar refractivity (Wildman–Crippen MR) is 127 cm³/mol. The Kier molecular flexibility index (Phi) is 6.49. The Morgan fingerprint density at radius 2 is 1.70 bits per heavy atom. The van der Waals surface area contributed by atoms with Crippen molar-refractivity contribution in [3.63, 3.8) is 0 Å². The molecule has 0 aromatic heterocycles. The molecule has 3 atom stereocenters. The molecule has 6 nitrogen and oxygen atoms in total. The molecule has 3 aromatic carbocycles. The molecule has 1 amide bonds. The summed E-state index contributed by atoms with van der Waals surface area (Å²) >= 11 is 0. The second-order valence-corrected chi connectivity index (χ2v) is 7.96. The molecule has 4 rings (SSSR count). The third kappa shape index (κ3) is 3.99. The van der Waals surface area contributed by atoms with E-state index in [0.717, 1.165) is 16.7 Å². The van der Waals surface area contributed by atoms with E-state index in [-0.39, 0.29) is 0 Å². The summed E-state index contributed by atoms with van der Waals surface area (Å²) < 4.78 is 16.7. The highest BCUT2D eigenvalue weighted by atomic mass is 16.5. The van der Waals surface area contributed by atoms with E-state index < -0.39 is 22.8 Å². The molecule has 1 aliphatic rings. The average molecular weight is 447 g/mol. The second-order valence-electron chi connectivity index (χ2n) is 7.96. The van der Waals surface area contributed by atoms with Gasteiger partial charge < -0.3 is 19.3 Å². The highest BCUT2D eigenvalue weighted by molar-refractivity contribution is 5.83. The van der Waals surface area contributed by atoms with Gasteiger partial charge in [-0.25, -0.2) is 0 Å². The Bertz CT molecular complexity index is 1130. The summed E-state index contributed by atoms with van der Waals surface area (Å²) in [5.74, 6) is 1.32. The maximum atomic E-state index is 13.2. The molecule has 0 fully saturated rings. The molecule has 3 aromatic rings. The Hall–Kier alpha value is -3.61. The molecule has 1 heterocycles. The van der Waals surface area contributed by atoms with Gasteiger partial charge in [-0.2, -0.15) is 9.28 Å². The molecule has 1 N–H and O–H groups in total. The number of ether oxygens (including phenoxy) is 3. The van der Waals surface area contributed by atoms with Gasteiger partial charge in [0.1, 0.15) is 17.2 Å². The van der Waals surface area contributed by atoms with Crippen molar-refractivity contribution in [2.75, 3.05) is 14.2 Å². The minimum Gasteiger partial charge on any atom is -0.497 e. The SMILES string of the molecule is C=CC1c2cc(OC)ccc2CC(OCc2ccccc2)[N+]1(C(=O)O)c1ccc(OC)cc1. The largest absolute Gasteiger partial charge is 0.521 e. The number of nitrogens with zero attached hydrogens (tertiary/aromatic N) is 1. The standard InChI is InChI=1S/C27H27NO5/c1-4-25-24-17-23(32-3)13-10-20(24)16-26(33-18-19-8-6-5-7-9-19)28(25,27(29)30)21-11-14-22(31-2)15-12-21/h4-15,17,25-26H,1,16,18H2,2-3H3/p+1. The first-order valence-corrected chi connectivity index (χ1v) is 10.8. The normalized spacial score (nSPS) is 21.6. The van der Waals surface area contributed by atoms with Crippen molar-refractivity contribution < 1.29 is 24.1 Å². The van der Waals surface area contributed by atoms with Crippen LogP contribution >= 0.6 is 0 Å². The third-order valence-electron chi connectivity index (χ3n) is 6.28. The maximum Gasteiger partial charge on any atom is 0.521 e. The topological polar surface area (TPSA) is 65.0 Å². The van der Waals surface area contributed by atoms with Crippen LogP contribution in [-0.4, -0.2) is 31.6 Å². The lowest BCUT2D eigenvalue weighted by atomic mass is 9.88. The monoisotopic (exact) mass is 446 g/mol. The van der Waals surface area contributed by atoms with Crippen LogP contribution in [0.1, 0.15) is 22.7 Å². The van der Waals surface area contributed by atoms with Gasteiger partial charge in [0, 0.05) is 17.7 Å². The van der Waals surface area contributed by atoms with E-state index in [1.165, 1.54) is 0 Å². The van der Waals surface area contributed by atoms with Crippen LogP contribution < -0.4 is 14.0 Å². The molecule has 0 aliphatic carbocycles. The van der Waals surface area contributed by atoms with Crippen LogP contribution in [0.2, 0.25) is 0 Å². The lowest BCUT2D eigenvalue weighted by molar-refractivity contribution is -0.0684. The number of carboxylic acid groups (broad SMARTS) is 1. The molecule has 1 aliphatic heterocycles. The number of benzene rings is 3. The molecular formula is C27H28NO5+. The van der Waals surface area contributed by atoms with Gasteiger partial charge in [-0.15, -0.1) is 0 Å². The van der Waals surface area contributed by atoms with E-state index in [1.54, 1.807) is 44.6 Å². The van der Waals surface area contributed by atoms with E-state index in [1.807, 2.05) is 48.5 Å². The molecule has 0 bridgehead atoms. The minimum absolute atomic E-state index is 0.296. The summed E-state index contributed by atoms with van der Waals surface area (Å²) in [6, 6.07) is 22.1. The van der Waals surface area contributed by atoms with Crippen LogP contribution in [0.4, 0.5) is 10.5 Å². The molecule has 6 heteroatoms. The van der Waals surface area contributed by atoms with Crippen LogP contribution in [0.5, 0.6) is 11.5 Å². The molecule has 0 saturated carbocycles. The number of rotatable bonds is 7. The fourth-order valence-electron chi connectivity index (χ4n) is 4.64. The zero-order chi connectivity index (χ0) is 23.4. The predicted octanol–water partition coefficient (Wildman–Crippen LogP) is 5.72. The summed E-state index contributed by atoms with van der Waals surface area (Å²) in [6.07, 6.45) is 0.417. The summed E-state index contributed by atoms with van der Waals surface area (Å²) in [7, 11) is 3.18. The minimum atomic E-state index is -1.02. The van der Waals surface area contributed by atoms with Crippen LogP contribution in [0.3, 0.4) is 0 Å². The maximum absolute atomic E-state index is 13.2. The van der Waals surface area contributed by atoms with Crippen molar-refractivity contribution >= 4 is 11.8 Å². The van der Waals surface area contributed by atoms with Crippen LogP contribution in [0, 0.1) is 0 Å². The Labute approximate surface area is 193 Å². The van der Waals surface area contributed by atoms with Gasteiger partial charge in [0.2, 0.25) is 6.23 Å². The molecule has 3 unspecified atom stereocenters. The average Bonchev–Trinajstić information content (AvgIpc) is 2.86. The zero-order valence-electron chi connectivity index (χ0n) is 18.8. The van der Waals surface area contributed by atoms with Crippen molar-refractivity contribution in [3.8, 4) is 11.5 Å². The van der Waals surface area contributed by atoms with Gasteiger partial charge in [-0.3, -0.25) is 0 Å². The number of quaternary nitrogens is 1. The van der Waals surface area contributed by atoms with Crippen LogP contribution in [-0.2, 0) is 17.8 Å². The number of hydrogen-bond donors (Lipinski definition) is 1. The summed E-state index contributed by atoms with van der Waals surface area (Å²) in [4.78, 5) is 13.2. The van der Waals surface area contributed by atoms with E-state index in [9.17, 15) is 9.90 Å². The van der Waals surface area contributed by atoms with E-state index in [0.29, 0.717) is 30.2 Å². The van der Waals surface area contributed by atoms with Crippen molar-refractivity contribution in [1.82, 2.24) is 4.48 Å². The van der Waals surface area contributed by atoms with Gasteiger partial charge in [-0.05, 0) is 41.5 Å². The van der Waals surface area contributed by atoms with E-state index >= 15 is 0 Å². The van der Waals surface area contributed by atoms with Gasteiger partial charge in [0.05, 0.1) is 27.2 Å². The van der Waals surface area contributed by atoms with Gasteiger partial charge in [0.15, 0.2) is 6.04 Å². The number of methoxy groups -OCH3 is 2. The Morgan fingerprint density at radius 3 is 2.30 bits per heavy atom. The number of carbonyl (C=O) groups is 1. The number of fused-ring (bicyclic) bond motifs is 1. The zero-order valence-corrected chi connectivity index (χ0v) is 18.8. The van der Waals surface area contributed by atoms with E-state index in [2.05, 4.69) is 6.58 Å². The third-order valence-corrected chi connectivity index (χ3v) is 6.28. The molecule has 0 saturated heterocycles. The quantitative estimate of drug-likeness (QED) is 0.372. The first-order valence-electron chi connectivity index (χ1n) is 10.8. The molecule has 0 spiro atoms. The molecular weight excluding hydrogens is 418 g/mol. The Morgan fingerprint density at radius 1 is 1.03 bits per heavy atom. The summed E-state index contributed by atoms with van der Waals surface area (Å²) in [5, 5.41) is 10.8. The van der Waals surface area contributed by atoms with Crippen molar-refractivity contribution in [1.29, 1.82) is 0 Å². The molecule has 170 valence electrons. The van der Waals surface area contributed by atoms with Crippen LogP contribution in [0.25, 0.3) is 0 Å². The first-order chi connectivity index (χ1) is 16.0. The second kappa shape index (κ2) is 9.48. The van der Waals surface area contributed by atoms with E-state index in [4.69, 9.17) is 14.2 Å². The Balaban J connectivity index is 1.88. The van der Waals surface area contributed by atoms with Crippen molar-refractivity contribution in [2.45, 2.75) is 25.3 Å². The van der Waals surface area contributed by atoms with Crippen molar-refractivity contribution in [2.24, 2.45) is 0 Å². The lowest BCUT2D eigenvalue weighted by Crippen LogP contribution is -2.65. The lowest BCUT2D eigenvalue weighted by Gasteiger charge is -2.46. The molecule has 0 radical (unpaired) electrons. The number of hydrogen-bond acceptors (Lipinski definition) is 4. The van der Waals surface area contributed by atoms with Gasteiger partial charge in [0.25, 0.3) is 0 Å². The first kappa shape index (κ1) is 22.6. The summed E-state index contributed by atoms with van der Waals surface area (Å²) in [5.41, 5.74) is 3.44. The highest BCUT2D eigenvalue weighted by Crippen LogP contribution is 2.47. The van der Waals surface area contributed by atoms with Crippen molar-refractivity contribution in [3.05, 3.63) is 102 Å². The van der Waals surface area contributed by atoms with Crippen LogP contribution in [0.15, 0.2) is 85.5 Å². The number of amides is 1. The smallest absolute Gasteiger partial charge is 0.497 e. The fourth-order valence-corrected chi connectivity index (χ4v) is 4.64. The van der Waals surface area contributed by atoms with Gasteiger partial charge >= 0.3 is 6.09 Å². The summed E-state index contributed by atoms with van der Waals surface area (Å²) in [6.45, 7) is 4.32. The molecule has 33 heavy (non-hydrogen) atoms.